The second-order valence-electron chi connectivity index (χ2n) is 4.99. The number of phenols is 1. The second kappa shape index (κ2) is 7.39. The highest BCUT2D eigenvalue weighted by atomic mass is 79.9. The van der Waals surface area contributed by atoms with Gasteiger partial charge >= 0.3 is 0 Å². The van der Waals surface area contributed by atoms with Gasteiger partial charge in [-0.25, -0.2) is 0 Å². The van der Waals surface area contributed by atoms with Crippen molar-refractivity contribution in [3.05, 3.63) is 56.5 Å². The lowest BCUT2D eigenvalue weighted by Gasteiger charge is -2.18. The van der Waals surface area contributed by atoms with Crippen LogP contribution < -0.4 is 5.32 Å². The molecule has 2 aromatic carbocycles. The largest absolute Gasteiger partial charge is 0.508 e. The van der Waals surface area contributed by atoms with E-state index < -0.39 is 0 Å². The maximum absolute atomic E-state index is 9.27. The number of hydrogen-bond donors (Lipinski definition) is 2. The van der Waals surface area contributed by atoms with Gasteiger partial charge in [0.15, 0.2) is 0 Å². The summed E-state index contributed by atoms with van der Waals surface area (Å²) in [6.07, 6.45) is 1.85. The van der Waals surface area contributed by atoms with Gasteiger partial charge in [0.05, 0.1) is 15.7 Å². The van der Waals surface area contributed by atoms with Crippen molar-refractivity contribution in [1.29, 1.82) is 0 Å². The Morgan fingerprint density at radius 1 is 1.14 bits per heavy atom. The Hall–Kier alpha value is -0.900. The van der Waals surface area contributed by atoms with Gasteiger partial charge in [0.2, 0.25) is 0 Å². The predicted molar refractivity (Wildman–Crippen MR) is 93.7 cm³/mol. The zero-order valence-corrected chi connectivity index (χ0v) is 14.6. The van der Waals surface area contributed by atoms with Crippen molar-refractivity contribution in [2.75, 3.05) is 5.32 Å². The molecule has 0 saturated heterocycles. The Kier molecular flexibility index (Phi) is 5.80. The monoisotopic (exact) mass is 387 g/mol. The zero-order valence-electron chi connectivity index (χ0n) is 11.5. The first-order chi connectivity index (χ1) is 9.95. The van der Waals surface area contributed by atoms with Crippen molar-refractivity contribution in [3.63, 3.8) is 0 Å². The molecule has 0 amide bonds. The minimum atomic E-state index is 0.231. The van der Waals surface area contributed by atoms with E-state index in [9.17, 15) is 5.11 Å². The third-order valence-electron chi connectivity index (χ3n) is 3.20. The van der Waals surface area contributed by atoms with Crippen LogP contribution in [0.25, 0.3) is 0 Å². The smallest absolute Gasteiger partial charge is 0.115 e. The maximum atomic E-state index is 9.27. The van der Waals surface area contributed by atoms with Gasteiger partial charge in [0.25, 0.3) is 0 Å². The molecule has 0 heterocycles. The maximum Gasteiger partial charge on any atom is 0.115 e. The molecule has 0 bridgehead atoms. The van der Waals surface area contributed by atoms with Crippen LogP contribution in [0.2, 0.25) is 10.0 Å². The van der Waals surface area contributed by atoms with Gasteiger partial charge in [-0.2, -0.15) is 0 Å². The number of hydrogen-bond acceptors (Lipinski definition) is 2. The fraction of sp³-hybridized carbons (Fsp3) is 0.250. The van der Waals surface area contributed by atoms with E-state index in [1.165, 1.54) is 5.56 Å². The van der Waals surface area contributed by atoms with Gasteiger partial charge in [0.1, 0.15) is 5.75 Å². The molecule has 0 fully saturated rings. The molecule has 2 N–H and O–H groups in total. The average Bonchev–Trinajstić information content (AvgIpc) is 2.42. The molecule has 112 valence electrons. The highest BCUT2D eigenvalue weighted by Gasteiger charge is 2.10. The van der Waals surface area contributed by atoms with Gasteiger partial charge < -0.3 is 10.4 Å². The first kappa shape index (κ1) is 16.5. The van der Waals surface area contributed by atoms with Crippen molar-refractivity contribution < 1.29 is 5.11 Å². The summed E-state index contributed by atoms with van der Waals surface area (Å²) < 4.78 is 0.861. The van der Waals surface area contributed by atoms with Gasteiger partial charge in [-0.3, -0.25) is 0 Å². The Morgan fingerprint density at radius 3 is 2.29 bits per heavy atom. The van der Waals surface area contributed by atoms with E-state index in [4.69, 9.17) is 23.2 Å². The predicted octanol–water partition coefficient (Wildman–Crippen LogP) is 5.89. The van der Waals surface area contributed by atoms with Gasteiger partial charge in [0, 0.05) is 10.5 Å². The first-order valence-electron chi connectivity index (χ1n) is 6.64. The molecule has 2 nitrogen and oxygen atoms in total. The topological polar surface area (TPSA) is 32.3 Å². The molecule has 2 rings (SSSR count). The van der Waals surface area contributed by atoms with Gasteiger partial charge in [-0.05, 0) is 49.6 Å². The molecular formula is C16H16BrCl2NO. The summed E-state index contributed by atoms with van der Waals surface area (Å²) in [5, 5.41) is 13.8. The Bertz CT molecular complexity index is 593. The van der Waals surface area contributed by atoms with E-state index in [0.29, 0.717) is 15.8 Å². The van der Waals surface area contributed by atoms with Crippen LogP contribution in [0.5, 0.6) is 5.75 Å². The molecule has 21 heavy (non-hydrogen) atoms. The SMILES string of the molecule is CC(CCc1ccc(O)cc1)Nc1c(Cl)cc(Br)cc1Cl. The molecular weight excluding hydrogens is 373 g/mol. The minimum absolute atomic E-state index is 0.231. The lowest BCUT2D eigenvalue weighted by atomic mass is 10.1. The molecule has 0 aromatic heterocycles. The standard InChI is InChI=1S/C16H16BrCl2NO/c1-10(2-3-11-4-6-13(21)7-5-11)20-16-14(18)8-12(17)9-15(16)19/h4-10,20-21H,2-3H2,1H3. The number of aryl methyl sites for hydroxylation is 1. The van der Waals surface area contributed by atoms with Crippen LogP contribution in [0.1, 0.15) is 18.9 Å². The fourth-order valence-electron chi connectivity index (χ4n) is 2.04. The quantitative estimate of drug-likeness (QED) is 0.668. The fourth-order valence-corrected chi connectivity index (χ4v) is 3.36. The number of anilines is 1. The van der Waals surface area contributed by atoms with Gasteiger partial charge in [-0.15, -0.1) is 0 Å². The lowest BCUT2D eigenvalue weighted by Crippen LogP contribution is -2.16. The molecule has 0 saturated carbocycles. The van der Waals surface area contributed by atoms with Gasteiger partial charge in [-0.1, -0.05) is 51.3 Å². The van der Waals surface area contributed by atoms with Crippen molar-refractivity contribution in [2.24, 2.45) is 0 Å². The molecule has 0 aliphatic heterocycles. The van der Waals surface area contributed by atoms with Crippen LogP contribution in [0.3, 0.4) is 0 Å². The van der Waals surface area contributed by atoms with Crippen LogP contribution in [-0.2, 0) is 6.42 Å². The summed E-state index contributed by atoms with van der Waals surface area (Å²) in [7, 11) is 0. The summed E-state index contributed by atoms with van der Waals surface area (Å²) in [5.74, 6) is 0.290. The second-order valence-corrected chi connectivity index (χ2v) is 6.73. The van der Waals surface area contributed by atoms with E-state index in [1.807, 2.05) is 24.3 Å². The minimum Gasteiger partial charge on any atom is -0.508 e. The summed E-state index contributed by atoms with van der Waals surface area (Å²) >= 11 is 15.8. The number of nitrogens with one attached hydrogen (secondary N) is 1. The molecule has 0 aliphatic rings. The number of rotatable bonds is 5. The van der Waals surface area contributed by atoms with Crippen LogP contribution in [0, 0.1) is 0 Å². The van der Waals surface area contributed by atoms with Crippen LogP contribution in [0.4, 0.5) is 5.69 Å². The van der Waals surface area contributed by atoms with Crippen molar-refractivity contribution in [1.82, 2.24) is 0 Å². The van der Waals surface area contributed by atoms with E-state index in [-0.39, 0.29) is 6.04 Å². The Labute approximate surface area is 143 Å². The molecule has 0 radical (unpaired) electrons. The van der Waals surface area contributed by atoms with Crippen molar-refractivity contribution in [3.8, 4) is 5.75 Å². The van der Waals surface area contributed by atoms with E-state index in [2.05, 4.69) is 28.2 Å². The summed E-state index contributed by atoms with van der Waals surface area (Å²) in [6.45, 7) is 2.09. The third-order valence-corrected chi connectivity index (χ3v) is 4.25. The summed E-state index contributed by atoms with van der Waals surface area (Å²) in [4.78, 5) is 0. The average molecular weight is 389 g/mol. The van der Waals surface area contributed by atoms with Crippen LogP contribution in [0.15, 0.2) is 40.9 Å². The summed E-state index contributed by atoms with van der Waals surface area (Å²) in [6, 6.07) is 11.1. The number of halogens is 3. The first-order valence-corrected chi connectivity index (χ1v) is 8.19. The highest BCUT2D eigenvalue weighted by Crippen LogP contribution is 2.34. The van der Waals surface area contributed by atoms with Crippen molar-refractivity contribution in [2.45, 2.75) is 25.8 Å². The summed E-state index contributed by atoms with van der Waals surface area (Å²) in [5.41, 5.74) is 1.95. The molecule has 1 unspecified atom stereocenters. The third kappa shape index (κ3) is 4.80. The number of benzene rings is 2. The van der Waals surface area contributed by atoms with Crippen LogP contribution in [-0.4, -0.2) is 11.1 Å². The van der Waals surface area contributed by atoms with E-state index in [0.717, 1.165) is 23.0 Å². The number of aromatic hydroxyl groups is 1. The molecule has 0 spiro atoms. The number of phenolic OH excluding ortho intramolecular Hbond substituents is 1. The molecule has 0 aliphatic carbocycles. The van der Waals surface area contributed by atoms with E-state index in [1.54, 1.807) is 12.1 Å². The molecule has 1 atom stereocenters. The zero-order chi connectivity index (χ0) is 15.4. The lowest BCUT2D eigenvalue weighted by molar-refractivity contribution is 0.475. The molecule has 2 aromatic rings. The Morgan fingerprint density at radius 2 is 1.71 bits per heavy atom. The normalized spacial score (nSPS) is 12.2. The molecule has 5 heteroatoms. The highest BCUT2D eigenvalue weighted by molar-refractivity contribution is 9.10. The van der Waals surface area contributed by atoms with Crippen molar-refractivity contribution >= 4 is 44.8 Å². The van der Waals surface area contributed by atoms with Crippen LogP contribution >= 0.6 is 39.1 Å². The van der Waals surface area contributed by atoms with E-state index >= 15 is 0 Å². The Balaban J connectivity index is 1.96.